The molecule has 3 heterocycles. The van der Waals surface area contributed by atoms with Gasteiger partial charge in [0.15, 0.2) is 11.5 Å². The molecule has 0 radical (unpaired) electrons. The predicted octanol–water partition coefficient (Wildman–Crippen LogP) is -0.529. The number of anilines is 1. The van der Waals surface area contributed by atoms with Crippen LogP contribution >= 0.6 is 23.2 Å². The zero-order chi connectivity index (χ0) is 24.4. The lowest BCUT2D eigenvalue weighted by atomic mass is 10.2. The van der Waals surface area contributed by atoms with E-state index in [1.165, 1.54) is 12.7 Å². The highest BCUT2D eigenvalue weighted by Gasteiger charge is 2.36. The fourth-order valence-corrected chi connectivity index (χ4v) is 5.33. The number of nitrogens with zero attached hydrogens (tertiary/aromatic N) is 5. The molecule has 17 nitrogen and oxygen atoms in total. The minimum absolute atomic E-state index is 0.0280. The third kappa shape index (κ3) is 7.59. The molecule has 1 aliphatic heterocycles. The molecule has 1 unspecified atom stereocenters. The number of rotatable bonds is 10. The Balaban J connectivity index is 1.81. The van der Waals surface area contributed by atoms with Gasteiger partial charge >= 0.3 is 23.2 Å². The molecule has 0 amide bonds. The van der Waals surface area contributed by atoms with Crippen LogP contribution in [0.2, 0.25) is 0 Å². The third-order valence-corrected chi connectivity index (χ3v) is 7.41. The third-order valence-electron chi connectivity index (χ3n) is 4.47. The molecule has 0 spiro atoms. The molecule has 6 N–H and O–H groups in total. The van der Waals surface area contributed by atoms with Gasteiger partial charge in [0, 0.05) is 26.7 Å². The summed E-state index contributed by atoms with van der Waals surface area (Å²) >= 11 is 0. The summed E-state index contributed by atoms with van der Waals surface area (Å²) in [4.78, 5) is 59.5. The van der Waals surface area contributed by atoms with Crippen LogP contribution in [0.3, 0.4) is 0 Å². The van der Waals surface area contributed by atoms with Crippen LogP contribution < -0.4 is 5.32 Å². The number of hydrogen-bond acceptors (Lipinski definition) is 11. The molecule has 186 valence electrons. The van der Waals surface area contributed by atoms with E-state index in [0.717, 1.165) is 0 Å². The Labute approximate surface area is 186 Å². The van der Waals surface area contributed by atoms with Crippen LogP contribution in [0.15, 0.2) is 12.7 Å². The molecule has 2 aromatic heterocycles. The Hall–Kier alpha value is -1.32. The molecule has 1 saturated heterocycles. The molecule has 3 rings (SSSR count). The normalized spacial score (nSPS) is 22.4. The van der Waals surface area contributed by atoms with Crippen LogP contribution in [0.5, 0.6) is 0 Å². The molecular weight excluding hydrogens is 509 g/mol. The molecule has 0 aromatic carbocycles. The number of ether oxygens (including phenoxy) is 1. The van der Waals surface area contributed by atoms with Gasteiger partial charge in [-0.15, -0.1) is 0 Å². The largest absolute Gasteiger partial charge is 0.481 e. The molecule has 0 saturated carbocycles. The van der Waals surface area contributed by atoms with E-state index in [1.54, 1.807) is 16.5 Å². The van der Waals surface area contributed by atoms with Gasteiger partial charge in [0.1, 0.15) is 18.1 Å². The van der Waals surface area contributed by atoms with E-state index in [-0.39, 0.29) is 19.6 Å². The number of fused-ring (bicyclic) bond motifs is 1. The number of imidazole rings is 1. The van der Waals surface area contributed by atoms with E-state index in [4.69, 9.17) is 14.5 Å². The van der Waals surface area contributed by atoms with E-state index < -0.39 is 48.3 Å². The monoisotopic (exact) mass is 532 g/mol. The van der Waals surface area contributed by atoms with Gasteiger partial charge in [-0.2, -0.15) is 4.31 Å². The first kappa shape index (κ1) is 26.3. The number of hydrogen-bond donors (Lipinski definition) is 6. The SMILES string of the molecule is CNc1ncnc2c1ncn2[C@H]1CN(CCP(=O)(O)O)C[C@H](COP(=O)(O)OP(=O)(O)O)O1. The van der Waals surface area contributed by atoms with Crippen molar-refractivity contribution in [3.05, 3.63) is 12.7 Å². The summed E-state index contributed by atoms with van der Waals surface area (Å²) in [6.45, 7) is -0.438. The van der Waals surface area contributed by atoms with Crippen molar-refractivity contribution in [3.8, 4) is 0 Å². The van der Waals surface area contributed by atoms with Crippen LogP contribution in [-0.2, 0) is 27.3 Å². The maximum Gasteiger partial charge on any atom is 0.481 e. The van der Waals surface area contributed by atoms with Crippen LogP contribution in [0, 0.1) is 0 Å². The van der Waals surface area contributed by atoms with E-state index in [2.05, 4.69) is 29.1 Å². The van der Waals surface area contributed by atoms with Gasteiger partial charge in [-0.05, 0) is 0 Å². The summed E-state index contributed by atoms with van der Waals surface area (Å²) in [5.74, 6) is 0.462. The molecule has 2 aromatic rings. The average molecular weight is 532 g/mol. The van der Waals surface area contributed by atoms with Gasteiger partial charge < -0.3 is 34.5 Å². The van der Waals surface area contributed by atoms with Crippen molar-refractivity contribution in [3.63, 3.8) is 0 Å². The van der Waals surface area contributed by atoms with Crippen LogP contribution in [0.1, 0.15) is 6.23 Å². The number of phosphoric ester groups is 1. The van der Waals surface area contributed by atoms with Gasteiger partial charge in [0.2, 0.25) is 0 Å². The molecule has 0 bridgehead atoms. The van der Waals surface area contributed by atoms with Crippen LogP contribution in [0.4, 0.5) is 5.82 Å². The number of nitrogens with one attached hydrogen (secondary N) is 1. The van der Waals surface area contributed by atoms with E-state index in [1.807, 2.05) is 0 Å². The van der Waals surface area contributed by atoms with Crippen molar-refractivity contribution in [2.24, 2.45) is 0 Å². The highest BCUT2D eigenvalue weighted by molar-refractivity contribution is 7.60. The average Bonchev–Trinajstić information content (AvgIpc) is 3.13. The zero-order valence-electron chi connectivity index (χ0n) is 17.1. The molecule has 1 fully saturated rings. The molecule has 0 aliphatic carbocycles. The lowest BCUT2D eigenvalue weighted by molar-refractivity contribution is -0.130. The van der Waals surface area contributed by atoms with Crippen molar-refractivity contribution in [2.45, 2.75) is 12.3 Å². The highest BCUT2D eigenvalue weighted by atomic mass is 31.3. The van der Waals surface area contributed by atoms with E-state index >= 15 is 0 Å². The standard InChI is InChI=1S/C13H23N6O11P3/c1-14-12-11-13(16-7-15-12)19(8-17-11)10-5-18(2-3-31(20,21)22)4-9(29-10)6-28-33(26,27)30-32(23,24)25/h7-10H,2-6H2,1H3,(H,26,27)(H,14,15,16)(H2,20,21,22)(H2,23,24,25)/t9-,10-/m1/s1. The fraction of sp³-hybridized carbons (Fsp3) is 0.615. The lowest BCUT2D eigenvalue weighted by Gasteiger charge is -2.38. The molecule has 20 heteroatoms. The Bertz CT molecular complexity index is 1120. The fourth-order valence-electron chi connectivity index (χ4n) is 3.17. The Morgan fingerprint density at radius 1 is 1.15 bits per heavy atom. The van der Waals surface area contributed by atoms with Crippen molar-refractivity contribution >= 4 is 40.2 Å². The van der Waals surface area contributed by atoms with Gasteiger partial charge in [-0.3, -0.25) is 18.6 Å². The Morgan fingerprint density at radius 3 is 2.52 bits per heavy atom. The zero-order valence-corrected chi connectivity index (χ0v) is 19.8. The number of phosphoric acid groups is 2. The molecule has 1 aliphatic rings. The quantitative estimate of drug-likeness (QED) is 0.211. The van der Waals surface area contributed by atoms with E-state index in [0.29, 0.717) is 17.0 Å². The maximum atomic E-state index is 11.8. The van der Waals surface area contributed by atoms with Gasteiger partial charge in [-0.1, -0.05) is 0 Å². The molecular formula is C13H23N6O11P3. The second-order valence-electron chi connectivity index (χ2n) is 6.99. The summed E-state index contributed by atoms with van der Waals surface area (Å²) in [5, 5.41) is 2.87. The van der Waals surface area contributed by atoms with Gasteiger partial charge in [-0.25, -0.2) is 24.1 Å². The smallest absolute Gasteiger partial charge is 0.371 e. The number of aromatic nitrogens is 4. The van der Waals surface area contributed by atoms with Crippen molar-refractivity contribution in [1.29, 1.82) is 0 Å². The van der Waals surface area contributed by atoms with E-state index in [9.17, 15) is 28.4 Å². The first-order valence-electron chi connectivity index (χ1n) is 9.28. The van der Waals surface area contributed by atoms with Crippen molar-refractivity contribution in [2.75, 3.05) is 44.8 Å². The second-order valence-corrected chi connectivity index (χ2v) is 11.6. The second kappa shape index (κ2) is 10.1. The molecule has 33 heavy (non-hydrogen) atoms. The minimum atomic E-state index is -5.29. The summed E-state index contributed by atoms with van der Waals surface area (Å²) in [7, 11) is -13.0. The first-order valence-corrected chi connectivity index (χ1v) is 14.1. The topological polar surface area (TPSA) is 239 Å². The Morgan fingerprint density at radius 2 is 1.88 bits per heavy atom. The summed E-state index contributed by atoms with van der Waals surface area (Å²) in [6.07, 6.45) is 0.564. The Kier molecular flexibility index (Phi) is 8.06. The van der Waals surface area contributed by atoms with Gasteiger partial charge in [0.25, 0.3) is 0 Å². The van der Waals surface area contributed by atoms with Crippen LogP contribution in [-0.4, -0.2) is 94.4 Å². The minimum Gasteiger partial charge on any atom is -0.371 e. The summed E-state index contributed by atoms with van der Waals surface area (Å²) in [6, 6.07) is 0. The highest BCUT2D eigenvalue weighted by Crippen LogP contribution is 2.57. The number of morpholine rings is 1. The van der Waals surface area contributed by atoms with Crippen molar-refractivity contribution in [1.82, 2.24) is 24.4 Å². The van der Waals surface area contributed by atoms with Gasteiger partial charge in [0.05, 0.1) is 25.2 Å². The summed E-state index contributed by atoms with van der Waals surface area (Å²) in [5.41, 5.74) is 0.840. The predicted molar refractivity (Wildman–Crippen MR) is 111 cm³/mol. The lowest BCUT2D eigenvalue weighted by Crippen LogP contribution is -2.48. The molecule has 3 atom stereocenters. The first-order chi connectivity index (χ1) is 15.3. The van der Waals surface area contributed by atoms with Crippen molar-refractivity contribution < 1.29 is 51.7 Å². The summed E-state index contributed by atoms with van der Waals surface area (Å²) < 4.78 is 49.8. The maximum absolute atomic E-state index is 11.8. The van der Waals surface area contributed by atoms with Crippen LogP contribution in [0.25, 0.3) is 11.2 Å².